The van der Waals surface area contributed by atoms with Crippen molar-refractivity contribution in [3.63, 3.8) is 0 Å². The van der Waals surface area contributed by atoms with Crippen molar-refractivity contribution in [2.24, 2.45) is 0 Å². The van der Waals surface area contributed by atoms with Gasteiger partial charge in [0.05, 0.1) is 0 Å². The van der Waals surface area contributed by atoms with E-state index in [1.54, 1.807) is 15.9 Å². The average molecular weight is 303 g/mol. The van der Waals surface area contributed by atoms with Gasteiger partial charge < -0.3 is 19.7 Å². The Balaban J connectivity index is 1.88. The Labute approximate surface area is 129 Å². The van der Waals surface area contributed by atoms with Crippen molar-refractivity contribution >= 4 is 17.8 Å². The lowest BCUT2D eigenvalue weighted by molar-refractivity contribution is -0.305. The van der Waals surface area contributed by atoms with Crippen LogP contribution in [0.15, 0.2) is 24.3 Å². The van der Waals surface area contributed by atoms with Crippen molar-refractivity contribution in [1.82, 2.24) is 9.80 Å². The van der Waals surface area contributed by atoms with Gasteiger partial charge in [0.15, 0.2) is 0 Å². The number of aryl methyl sites for hydroxylation is 1. The largest absolute Gasteiger partial charge is 0.550 e. The zero-order chi connectivity index (χ0) is 16.1. The Kier molecular flexibility index (Phi) is 5.14. The standard InChI is InChI=1S/C16H20N2O4/c1-12-3-2-4-13(11-12)16(22)18-9-7-17(8-10-18)14(19)5-6-15(20)21/h2-4,11H,5-10H2,1H3,(H,20,21)/p-1. The summed E-state index contributed by atoms with van der Waals surface area (Å²) in [7, 11) is 0. The third-order valence-electron chi connectivity index (χ3n) is 3.73. The molecular formula is C16H19N2O4-. The van der Waals surface area contributed by atoms with E-state index in [2.05, 4.69) is 0 Å². The van der Waals surface area contributed by atoms with E-state index in [0.717, 1.165) is 5.56 Å². The molecule has 0 aromatic heterocycles. The smallest absolute Gasteiger partial charge is 0.253 e. The highest BCUT2D eigenvalue weighted by Gasteiger charge is 2.24. The fourth-order valence-corrected chi connectivity index (χ4v) is 2.49. The van der Waals surface area contributed by atoms with E-state index in [9.17, 15) is 19.5 Å². The maximum Gasteiger partial charge on any atom is 0.253 e. The van der Waals surface area contributed by atoms with Gasteiger partial charge in [-0.15, -0.1) is 0 Å². The molecule has 1 heterocycles. The third kappa shape index (κ3) is 4.07. The molecule has 1 aromatic carbocycles. The Morgan fingerprint density at radius 1 is 1.05 bits per heavy atom. The number of hydrogen-bond donors (Lipinski definition) is 0. The quantitative estimate of drug-likeness (QED) is 0.772. The van der Waals surface area contributed by atoms with Gasteiger partial charge in [0.1, 0.15) is 0 Å². The van der Waals surface area contributed by atoms with E-state index in [4.69, 9.17) is 0 Å². The summed E-state index contributed by atoms with van der Waals surface area (Å²) in [6.07, 6.45) is -0.310. The summed E-state index contributed by atoms with van der Waals surface area (Å²) in [5, 5.41) is 10.4. The van der Waals surface area contributed by atoms with Gasteiger partial charge in [-0.3, -0.25) is 9.59 Å². The molecule has 0 unspecified atom stereocenters. The maximum atomic E-state index is 12.4. The van der Waals surface area contributed by atoms with E-state index in [1.807, 2.05) is 25.1 Å². The van der Waals surface area contributed by atoms with Gasteiger partial charge >= 0.3 is 0 Å². The number of carboxylic acids is 1. The van der Waals surface area contributed by atoms with Crippen LogP contribution in [-0.2, 0) is 9.59 Å². The third-order valence-corrected chi connectivity index (χ3v) is 3.73. The lowest BCUT2D eigenvalue weighted by atomic mass is 10.1. The first-order valence-corrected chi connectivity index (χ1v) is 7.31. The monoisotopic (exact) mass is 303 g/mol. The van der Waals surface area contributed by atoms with Gasteiger partial charge in [-0.25, -0.2) is 0 Å². The average Bonchev–Trinajstić information content (AvgIpc) is 2.52. The fraction of sp³-hybridized carbons (Fsp3) is 0.438. The number of carboxylic acid groups (broad SMARTS) is 1. The van der Waals surface area contributed by atoms with Gasteiger partial charge in [0.25, 0.3) is 5.91 Å². The van der Waals surface area contributed by atoms with Crippen LogP contribution in [0.2, 0.25) is 0 Å². The van der Waals surface area contributed by atoms with Crippen LogP contribution in [0, 0.1) is 6.92 Å². The minimum Gasteiger partial charge on any atom is -0.550 e. The first-order chi connectivity index (χ1) is 10.5. The topological polar surface area (TPSA) is 80.8 Å². The molecule has 0 atom stereocenters. The molecule has 1 aliphatic heterocycles. The normalized spacial score (nSPS) is 14.8. The molecule has 2 rings (SSSR count). The second kappa shape index (κ2) is 7.06. The van der Waals surface area contributed by atoms with E-state index in [-0.39, 0.29) is 24.7 Å². The molecule has 1 aliphatic rings. The van der Waals surface area contributed by atoms with Crippen LogP contribution in [0.3, 0.4) is 0 Å². The number of aliphatic carboxylic acids is 1. The van der Waals surface area contributed by atoms with Gasteiger partial charge in [0, 0.05) is 44.1 Å². The molecule has 1 saturated heterocycles. The van der Waals surface area contributed by atoms with Gasteiger partial charge in [0.2, 0.25) is 5.91 Å². The molecule has 0 aliphatic carbocycles. The van der Waals surface area contributed by atoms with Crippen LogP contribution in [0.5, 0.6) is 0 Å². The van der Waals surface area contributed by atoms with Crippen molar-refractivity contribution in [3.8, 4) is 0 Å². The van der Waals surface area contributed by atoms with Crippen LogP contribution >= 0.6 is 0 Å². The molecule has 6 heteroatoms. The second-order valence-electron chi connectivity index (χ2n) is 5.41. The summed E-state index contributed by atoms with van der Waals surface area (Å²) in [4.78, 5) is 37.9. The molecule has 0 spiro atoms. The summed E-state index contributed by atoms with van der Waals surface area (Å²) in [6, 6.07) is 7.42. The predicted molar refractivity (Wildman–Crippen MR) is 77.9 cm³/mol. The first kappa shape index (κ1) is 16.0. The number of nitrogens with zero attached hydrogens (tertiary/aromatic N) is 2. The van der Waals surface area contributed by atoms with Crippen LogP contribution in [-0.4, -0.2) is 53.8 Å². The van der Waals surface area contributed by atoms with E-state index in [1.165, 1.54) is 0 Å². The number of rotatable bonds is 4. The molecule has 0 N–H and O–H groups in total. The Hall–Kier alpha value is -2.37. The van der Waals surface area contributed by atoms with Gasteiger partial charge in [-0.1, -0.05) is 17.7 Å². The van der Waals surface area contributed by atoms with Crippen molar-refractivity contribution in [3.05, 3.63) is 35.4 Å². The fourth-order valence-electron chi connectivity index (χ4n) is 2.49. The minimum absolute atomic E-state index is 0.0365. The highest BCUT2D eigenvalue weighted by atomic mass is 16.4. The summed E-state index contributed by atoms with van der Waals surface area (Å²) < 4.78 is 0. The zero-order valence-corrected chi connectivity index (χ0v) is 12.6. The molecule has 1 fully saturated rings. The predicted octanol–water partition coefficient (Wildman–Crippen LogP) is -0.190. The summed E-state index contributed by atoms with van der Waals surface area (Å²) in [5.41, 5.74) is 1.68. The molecule has 0 bridgehead atoms. The maximum absolute atomic E-state index is 12.4. The van der Waals surface area contributed by atoms with Crippen LogP contribution in [0.4, 0.5) is 0 Å². The highest BCUT2D eigenvalue weighted by Crippen LogP contribution is 2.11. The van der Waals surface area contributed by atoms with Crippen LogP contribution in [0.25, 0.3) is 0 Å². The van der Waals surface area contributed by atoms with Crippen molar-refractivity contribution in [2.75, 3.05) is 26.2 Å². The SMILES string of the molecule is Cc1cccc(C(=O)N2CCN(C(=O)CCC(=O)[O-])CC2)c1. The van der Waals surface area contributed by atoms with Gasteiger partial charge in [-0.2, -0.15) is 0 Å². The van der Waals surface area contributed by atoms with Crippen LogP contribution < -0.4 is 5.11 Å². The number of piperazine rings is 1. The van der Waals surface area contributed by atoms with Crippen molar-refractivity contribution in [1.29, 1.82) is 0 Å². The lowest BCUT2D eigenvalue weighted by Gasteiger charge is -2.35. The molecule has 0 radical (unpaired) electrons. The number of carbonyl (C=O) groups is 3. The second-order valence-corrected chi connectivity index (χ2v) is 5.41. The summed E-state index contributed by atoms with van der Waals surface area (Å²) >= 11 is 0. The molecule has 6 nitrogen and oxygen atoms in total. The number of carbonyl (C=O) groups excluding carboxylic acids is 3. The van der Waals surface area contributed by atoms with E-state index in [0.29, 0.717) is 31.7 Å². The highest BCUT2D eigenvalue weighted by molar-refractivity contribution is 5.94. The van der Waals surface area contributed by atoms with E-state index >= 15 is 0 Å². The van der Waals surface area contributed by atoms with Crippen molar-refractivity contribution in [2.45, 2.75) is 19.8 Å². The lowest BCUT2D eigenvalue weighted by Crippen LogP contribution is -2.50. The number of amides is 2. The Morgan fingerprint density at radius 2 is 1.68 bits per heavy atom. The molecule has 22 heavy (non-hydrogen) atoms. The molecule has 118 valence electrons. The van der Waals surface area contributed by atoms with Gasteiger partial charge in [-0.05, 0) is 25.5 Å². The zero-order valence-electron chi connectivity index (χ0n) is 12.6. The number of benzene rings is 1. The summed E-state index contributed by atoms with van der Waals surface area (Å²) in [5.74, 6) is -1.46. The van der Waals surface area contributed by atoms with Crippen LogP contribution in [0.1, 0.15) is 28.8 Å². The molecule has 0 saturated carbocycles. The summed E-state index contributed by atoms with van der Waals surface area (Å²) in [6.45, 7) is 3.73. The van der Waals surface area contributed by atoms with E-state index < -0.39 is 5.97 Å². The minimum atomic E-state index is -1.22. The first-order valence-electron chi connectivity index (χ1n) is 7.31. The Bertz CT molecular complexity index is 577. The molecule has 1 aromatic rings. The number of hydrogen-bond acceptors (Lipinski definition) is 4. The molecule has 2 amide bonds. The molecular weight excluding hydrogens is 284 g/mol. The van der Waals surface area contributed by atoms with Crippen molar-refractivity contribution < 1.29 is 19.5 Å². The Morgan fingerprint density at radius 3 is 2.27 bits per heavy atom.